The summed E-state index contributed by atoms with van der Waals surface area (Å²) < 4.78 is 4.85. The van der Waals surface area contributed by atoms with Crippen LogP contribution in [-0.2, 0) is 14.3 Å². The first-order valence-electron chi connectivity index (χ1n) is 6.71. The molecule has 9 heteroatoms. The highest BCUT2D eigenvalue weighted by atomic mass is 35.5. The van der Waals surface area contributed by atoms with Gasteiger partial charge in [-0.05, 0) is 18.2 Å². The van der Waals surface area contributed by atoms with Gasteiger partial charge >= 0.3 is 5.97 Å². The maximum Gasteiger partial charge on any atom is 0.308 e. The molecule has 0 aliphatic carbocycles. The van der Waals surface area contributed by atoms with Crippen LogP contribution in [0, 0.1) is 0 Å². The van der Waals surface area contributed by atoms with Crippen LogP contribution >= 0.6 is 11.6 Å². The van der Waals surface area contributed by atoms with E-state index in [9.17, 15) is 9.59 Å². The van der Waals surface area contributed by atoms with Gasteiger partial charge in [0.2, 0.25) is 5.95 Å². The van der Waals surface area contributed by atoms with Crippen LogP contribution in [0.25, 0.3) is 0 Å². The highest BCUT2D eigenvalue weighted by Gasteiger charge is 2.08. The van der Waals surface area contributed by atoms with Crippen molar-refractivity contribution in [3.8, 4) is 0 Å². The number of hydrogen-bond acceptors (Lipinski definition) is 7. The largest absolute Gasteiger partial charge is 0.456 e. The Morgan fingerprint density at radius 2 is 1.96 bits per heavy atom. The Hall–Kier alpha value is -2.74. The molecule has 2 aromatic rings. The number of halogens is 1. The normalized spacial score (nSPS) is 9.96. The summed E-state index contributed by atoms with van der Waals surface area (Å²) in [5.41, 5.74) is 0. The Kier molecular flexibility index (Phi) is 6.25. The molecule has 2 N–H and O–H groups in total. The predicted molar refractivity (Wildman–Crippen MR) is 84.0 cm³/mol. The molecule has 0 saturated carbocycles. The monoisotopic (exact) mass is 335 g/mol. The number of esters is 1. The van der Waals surface area contributed by atoms with Crippen molar-refractivity contribution in [1.29, 1.82) is 0 Å². The molecule has 8 nitrogen and oxygen atoms in total. The van der Waals surface area contributed by atoms with Gasteiger partial charge in [-0.15, -0.1) is 0 Å². The molecular weight excluding hydrogens is 322 g/mol. The molecule has 1 amide bonds. The minimum atomic E-state index is -0.507. The van der Waals surface area contributed by atoms with Crippen LogP contribution in [0.15, 0.2) is 36.8 Å². The lowest BCUT2D eigenvalue weighted by molar-refractivity contribution is -0.147. The maximum atomic E-state index is 11.6. The molecular formula is C14H14ClN5O3. The zero-order valence-electron chi connectivity index (χ0n) is 12.0. The first-order chi connectivity index (χ1) is 11.1. The number of carbonyl (C=O) groups is 2. The van der Waals surface area contributed by atoms with Crippen molar-refractivity contribution in [2.45, 2.75) is 6.42 Å². The molecule has 0 aliphatic rings. The van der Waals surface area contributed by atoms with Crippen molar-refractivity contribution in [2.24, 2.45) is 0 Å². The highest BCUT2D eigenvalue weighted by Crippen LogP contribution is 2.09. The average Bonchev–Trinajstić information content (AvgIpc) is 2.56. The van der Waals surface area contributed by atoms with E-state index in [2.05, 4.69) is 25.6 Å². The lowest BCUT2D eigenvalue weighted by atomic mass is 10.4. The number of pyridine rings is 1. The summed E-state index contributed by atoms with van der Waals surface area (Å²) in [5.74, 6) is -0.231. The van der Waals surface area contributed by atoms with Gasteiger partial charge in [0.25, 0.3) is 5.91 Å². The Morgan fingerprint density at radius 3 is 2.65 bits per heavy atom. The predicted octanol–water partition coefficient (Wildman–Crippen LogP) is 1.51. The van der Waals surface area contributed by atoms with Crippen LogP contribution < -0.4 is 10.6 Å². The van der Waals surface area contributed by atoms with Crippen molar-refractivity contribution >= 4 is 35.2 Å². The zero-order valence-corrected chi connectivity index (χ0v) is 12.8. The summed E-state index contributed by atoms with van der Waals surface area (Å²) in [6, 6.07) is 4.83. The molecule has 2 aromatic heterocycles. The Morgan fingerprint density at radius 1 is 1.17 bits per heavy atom. The molecule has 120 valence electrons. The van der Waals surface area contributed by atoms with E-state index < -0.39 is 11.9 Å². The number of nitrogens with one attached hydrogen (secondary N) is 2. The standard InChI is InChI=1S/C14H14ClN5O3/c15-10-2-3-11(19-8-10)20-12(21)9-23-13(22)4-7-18-14-16-5-1-6-17-14/h1-3,5-6,8H,4,7,9H2,(H,16,17,18)(H,19,20,21). The number of anilines is 2. The quantitative estimate of drug-likeness (QED) is 0.738. The molecule has 0 bridgehead atoms. The molecule has 0 spiro atoms. The molecule has 23 heavy (non-hydrogen) atoms. The molecule has 0 radical (unpaired) electrons. The van der Waals surface area contributed by atoms with Crippen LogP contribution in [0.3, 0.4) is 0 Å². The Labute approximate surface area is 137 Å². The van der Waals surface area contributed by atoms with E-state index in [1.54, 1.807) is 30.6 Å². The summed E-state index contributed by atoms with van der Waals surface area (Å²) >= 11 is 5.68. The first-order valence-corrected chi connectivity index (χ1v) is 7.09. The first kappa shape index (κ1) is 16.6. The fourth-order valence-electron chi connectivity index (χ4n) is 1.51. The van der Waals surface area contributed by atoms with E-state index in [0.717, 1.165) is 0 Å². The van der Waals surface area contributed by atoms with Gasteiger partial charge in [0, 0.05) is 25.1 Å². The summed E-state index contributed by atoms with van der Waals surface area (Å²) in [4.78, 5) is 34.9. The fraction of sp³-hybridized carbons (Fsp3) is 0.214. The third-order valence-electron chi connectivity index (χ3n) is 2.54. The molecule has 2 heterocycles. The molecule has 0 unspecified atom stereocenters. The van der Waals surface area contributed by atoms with E-state index >= 15 is 0 Å². The van der Waals surface area contributed by atoms with Gasteiger partial charge in [-0.25, -0.2) is 15.0 Å². The van der Waals surface area contributed by atoms with Crippen LogP contribution in [0.1, 0.15) is 6.42 Å². The third kappa shape index (κ3) is 6.27. The second kappa shape index (κ2) is 8.64. The fourth-order valence-corrected chi connectivity index (χ4v) is 1.63. The van der Waals surface area contributed by atoms with Gasteiger partial charge in [0.05, 0.1) is 11.4 Å². The van der Waals surface area contributed by atoms with E-state index in [4.69, 9.17) is 16.3 Å². The molecule has 2 rings (SSSR count). The van der Waals surface area contributed by atoms with Crippen LogP contribution in [0.2, 0.25) is 5.02 Å². The maximum absolute atomic E-state index is 11.6. The summed E-state index contributed by atoms with van der Waals surface area (Å²) in [6.07, 6.45) is 4.66. The average molecular weight is 336 g/mol. The smallest absolute Gasteiger partial charge is 0.308 e. The number of rotatable bonds is 7. The van der Waals surface area contributed by atoms with Crippen LogP contribution in [0.5, 0.6) is 0 Å². The van der Waals surface area contributed by atoms with Crippen LogP contribution in [0.4, 0.5) is 11.8 Å². The van der Waals surface area contributed by atoms with Gasteiger partial charge in [0.15, 0.2) is 6.61 Å². The summed E-state index contributed by atoms with van der Waals surface area (Å²) in [6.45, 7) is -0.0752. The summed E-state index contributed by atoms with van der Waals surface area (Å²) in [7, 11) is 0. The van der Waals surface area contributed by atoms with Crippen LogP contribution in [-0.4, -0.2) is 40.0 Å². The van der Waals surface area contributed by atoms with Crippen molar-refractivity contribution in [3.05, 3.63) is 41.8 Å². The Bertz CT molecular complexity index is 651. The van der Waals surface area contributed by atoms with Gasteiger partial charge in [-0.3, -0.25) is 9.59 Å². The number of nitrogens with zero attached hydrogens (tertiary/aromatic N) is 3. The van der Waals surface area contributed by atoms with E-state index in [1.165, 1.54) is 6.20 Å². The van der Waals surface area contributed by atoms with E-state index in [0.29, 0.717) is 23.3 Å². The lowest BCUT2D eigenvalue weighted by Crippen LogP contribution is -2.22. The number of amides is 1. The number of aromatic nitrogens is 3. The molecule has 0 atom stereocenters. The van der Waals surface area contributed by atoms with Crippen molar-refractivity contribution in [3.63, 3.8) is 0 Å². The van der Waals surface area contributed by atoms with E-state index in [-0.39, 0.29) is 13.0 Å². The van der Waals surface area contributed by atoms with Gasteiger partial charge in [-0.1, -0.05) is 11.6 Å². The second-order valence-corrected chi connectivity index (χ2v) is 4.76. The SMILES string of the molecule is O=C(COC(=O)CCNc1ncccn1)Nc1ccc(Cl)cn1. The third-order valence-corrected chi connectivity index (χ3v) is 2.76. The number of ether oxygens (including phenoxy) is 1. The molecule has 0 aromatic carbocycles. The summed E-state index contributed by atoms with van der Waals surface area (Å²) in [5, 5.41) is 5.81. The van der Waals surface area contributed by atoms with Gasteiger partial charge in [-0.2, -0.15) is 0 Å². The topological polar surface area (TPSA) is 106 Å². The van der Waals surface area contributed by atoms with Crippen molar-refractivity contribution in [2.75, 3.05) is 23.8 Å². The van der Waals surface area contributed by atoms with E-state index in [1.807, 2.05) is 0 Å². The minimum Gasteiger partial charge on any atom is -0.456 e. The van der Waals surface area contributed by atoms with Crippen molar-refractivity contribution in [1.82, 2.24) is 15.0 Å². The minimum absolute atomic E-state index is 0.0880. The molecule has 0 saturated heterocycles. The number of hydrogen-bond donors (Lipinski definition) is 2. The van der Waals surface area contributed by atoms with Gasteiger partial charge in [0.1, 0.15) is 5.82 Å². The highest BCUT2D eigenvalue weighted by molar-refractivity contribution is 6.30. The molecule has 0 fully saturated rings. The van der Waals surface area contributed by atoms with Crippen molar-refractivity contribution < 1.29 is 14.3 Å². The zero-order chi connectivity index (χ0) is 16.5. The lowest BCUT2D eigenvalue weighted by Gasteiger charge is -2.06. The second-order valence-electron chi connectivity index (χ2n) is 4.32. The Balaban J connectivity index is 1.63. The number of carbonyl (C=O) groups excluding carboxylic acids is 2. The molecule has 0 aliphatic heterocycles. The van der Waals surface area contributed by atoms with Gasteiger partial charge < -0.3 is 15.4 Å².